The lowest BCUT2D eigenvalue weighted by Crippen LogP contribution is -2.13. The Hall–Kier alpha value is -3.52. The molecule has 1 aromatic carbocycles. The molecule has 0 atom stereocenters. The summed E-state index contributed by atoms with van der Waals surface area (Å²) in [6.07, 6.45) is 3.62. The van der Waals surface area contributed by atoms with E-state index in [9.17, 15) is 4.79 Å². The second kappa shape index (κ2) is 7.61. The fourth-order valence-electron chi connectivity index (χ4n) is 2.72. The largest absolute Gasteiger partial charge is 0.481 e. The Morgan fingerprint density at radius 2 is 1.93 bits per heavy atom. The van der Waals surface area contributed by atoms with E-state index in [1.165, 1.54) is 18.4 Å². The van der Waals surface area contributed by atoms with E-state index in [0.29, 0.717) is 11.0 Å². The number of hydrogen-bond donors (Lipinski definition) is 1. The molecule has 3 heterocycles. The lowest BCUT2D eigenvalue weighted by Gasteiger charge is -2.03. The molecular formula is C20H17N5O2S. The van der Waals surface area contributed by atoms with Gasteiger partial charge in [-0.15, -0.1) is 0 Å². The highest BCUT2D eigenvalue weighted by atomic mass is 32.1. The molecule has 0 saturated carbocycles. The summed E-state index contributed by atoms with van der Waals surface area (Å²) in [4.78, 5) is 26.8. The lowest BCUT2D eigenvalue weighted by atomic mass is 10.1. The van der Waals surface area contributed by atoms with Crippen molar-refractivity contribution < 1.29 is 9.53 Å². The number of pyridine rings is 1. The Balaban J connectivity index is 1.71. The molecule has 0 bridgehead atoms. The van der Waals surface area contributed by atoms with Crippen LogP contribution in [0.2, 0.25) is 0 Å². The van der Waals surface area contributed by atoms with Gasteiger partial charge in [0.2, 0.25) is 5.88 Å². The third kappa shape index (κ3) is 3.49. The topological polar surface area (TPSA) is 81.9 Å². The average Bonchev–Trinajstić information content (AvgIpc) is 3.34. The maximum absolute atomic E-state index is 12.6. The quantitative estimate of drug-likeness (QED) is 0.558. The van der Waals surface area contributed by atoms with E-state index < -0.39 is 0 Å². The number of rotatable bonds is 5. The average molecular weight is 391 g/mol. The number of methoxy groups -OCH3 is 1. The van der Waals surface area contributed by atoms with Crippen molar-refractivity contribution in [3.63, 3.8) is 0 Å². The smallest absolute Gasteiger partial charge is 0.276 e. The van der Waals surface area contributed by atoms with Gasteiger partial charge in [0.1, 0.15) is 5.69 Å². The lowest BCUT2D eigenvalue weighted by molar-refractivity contribution is 0.102. The maximum Gasteiger partial charge on any atom is 0.276 e. The van der Waals surface area contributed by atoms with E-state index in [2.05, 4.69) is 20.3 Å². The van der Waals surface area contributed by atoms with Crippen LogP contribution in [0.5, 0.6) is 5.88 Å². The summed E-state index contributed by atoms with van der Waals surface area (Å²) >= 11 is 1.37. The zero-order chi connectivity index (χ0) is 19.5. The zero-order valence-electron chi connectivity index (χ0n) is 15.3. The van der Waals surface area contributed by atoms with E-state index in [1.54, 1.807) is 24.4 Å². The number of thiazole rings is 1. The van der Waals surface area contributed by atoms with Crippen molar-refractivity contribution in [3.8, 4) is 27.8 Å². The summed E-state index contributed by atoms with van der Waals surface area (Å²) in [5, 5.41) is 3.31. The van der Waals surface area contributed by atoms with E-state index in [4.69, 9.17) is 4.74 Å². The monoisotopic (exact) mass is 391 g/mol. The maximum atomic E-state index is 12.6. The minimum atomic E-state index is -0.348. The Morgan fingerprint density at radius 1 is 1.11 bits per heavy atom. The van der Waals surface area contributed by atoms with Crippen LogP contribution in [-0.4, -0.2) is 32.5 Å². The van der Waals surface area contributed by atoms with E-state index in [0.717, 1.165) is 22.0 Å². The van der Waals surface area contributed by atoms with Crippen molar-refractivity contribution in [1.29, 1.82) is 0 Å². The summed E-state index contributed by atoms with van der Waals surface area (Å²) in [5.74, 6) is 0.820. The highest BCUT2D eigenvalue weighted by Crippen LogP contribution is 2.38. The number of imidazole rings is 1. The van der Waals surface area contributed by atoms with Gasteiger partial charge in [-0.25, -0.2) is 15.0 Å². The second-order valence-corrected chi connectivity index (χ2v) is 6.94. The molecule has 1 amide bonds. The van der Waals surface area contributed by atoms with Crippen molar-refractivity contribution in [2.75, 3.05) is 12.4 Å². The molecular weight excluding hydrogens is 374 g/mol. The van der Waals surface area contributed by atoms with Crippen molar-refractivity contribution in [3.05, 3.63) is 66.6 Å². The predicted molar refractivity (Wildman–Crippen MR) is 108 cm³/mol. The van der Waals surface area contributed by atoms with Crippen molar-refractivity contribution in [1.82, 2.24) is 19.5 Å². The Kier molecular flexibility index (Phi) is 4.86. The molecule has 0 radical (unpaired) electrons. The number of benzene rings is 1. The summed E-state index contributed by atoms with van der Waals surface area (Å²) in [6.45, 7) is 0. The Morgan fingerprint density at radius 3 is 2.64 bits per heavy atom. The molecule has 0 saturated heterocycles. The van der Waals surface area contributed by atoms with Gasteiger partial charge in [-0.2, -0.15) is 0 Å². The number of nitrogens with zero attached hydrogens (tertiary/aromatic N) is 4. The molecule has 28 heavy (non-hydrogen) atoms. The number of hydrogen-bond acceptors (Lipinski definition) is 6. The van der Waals surface area contributed by atoms with Gasteiger partial charge in [0.05, 0.1) is 17.7 Å². The van der Waals surface area contributed by atoms with E-state index in [-0.39, 0.29) is 11.6 Å². The molecule has 1 N–H and O–H groups in total. The molecule has 3 aromatic heterocycles. The molecule has 4 aromatic rings. The van der Waals surface area contributed by atoms with Gasteiger partial charge in [0, 0.05) is 31.1 Å². The number of aromatic nitrogens is 4. The van der Waals surface area contributed by atoms with Crippen molar-refractivity contribution in [2.24, 2.45) is 7.05 Å². The Bertz CT molecular complexity index is 1120. The molecule has 140 valence electrons. The normalized spacial score (nSPS) is 10.6. The van der Waals surface area contributed by atoms with Gasteiger partial charge in [-0.05, 0) is 6.07 Å². The highest BCUT2D eigenvalue weighted by Gasteiger charge is 2.20. The first-order valence-electron chi connectivity index (χ1n) is 8.52. The number of carbonyl (C=O) groups is 1. The molecule has 7 nitrogen and oxygen atoms in total. The summed E-state index contributed by atoms with van der Waals surface area (Å²) < 4.78 is 7.01. The fourth-order valence-corrected chi connectivity index (χ4v) is 3.74. The van der Waals surface area contributed by atoms with Crippen LogP contribution in [0.3, 0.4) is 0 Å². The summed E-state index contributed by atoms with van der Waals surface area (Å²) in [6, 6.07) is 14.9. The van der Waals surface area contributed by atoms with Crippen LogP contribution < -0.4 is 10.1 Å². The van der Waals surface area contributed by atoms with Gasteiger partial charge < -0.3 is 9.30 Å². The number of carbonyl (C=O) groups excluding carboxylic acids is 1. The van der Waals surface area contributed by atoms with Gasteiger partial charge >= 0.3 is 0 Å². The van der Waals surface area contributed by atoms with Crippen LogP contribution in [0, 0.1) is 0 Å². The summed E-state index contributed by atoms with van der Waals surface area (Å²) in [5.41, 5.74) is 1.99. The number of anilines is 1. The van der Waals surface area contributed by atoms with Gasteiger partial charge in [-0.3, -0.25) is 10.1 Å². The molecule has 0 aliphatic carbocycles. The molecule has 0 aliphatic rings. The fraction of sp³-hybridized carbons (Fsp3) is 0.100. The molecule has 0 aliphatic heterocycles. The number of amides is 1. The van der Waals surface area contributed by atoms with Crippen LogP contribution in [0.4, 0.5) is 5.13 Å². The highest BCUT2D eigenvalue weighted by molar-refractivity contribution is 7.19. The van der Waals surface area contributed by atoms with Gasteiger partial charge in [0.25, 0.3) is 5.91 Å². The molecule has 0 spiro atoms. The standard InChI is InChI=1S/C20H17N5O2S/c1-25-12-11-21-18(25)17-16(13-7-4-3-5-8-13)23-20(28-17)24-19(26)14-9-6-10-15(22-14)27-2/h3-12H,1-2H3,(H,23,24,26). The van der Waals surface area contributed by atoms with Crippen molar-refractivity contribution >= 4 is 22.4 Å². The number of ether oxygens (including phenoxy) is 1. The van der Waals surface area contributed by atoms with Gasteiger partial charge in [-0.1, -0.05) is 47.7 Å². The van der Waals surface area contributed by atoms with Crippen LogP contribution in [0.1, 0.15) is 10.5 Å². The third-order valence-corrected chi connectivity index (χ3v) is 5.05. The molecule has 0 fully saturated rings. The second-order valence-electron chi connectivity index (χ2n) is 5.94. The first-order chi connectivity index (χ1) is 13.7. The van der Waals surface area contributed by atoms with E-state index in [1.807, 2.05) is 48.1 Å². The van der Waals surface area contributed by atoms with Crippen LogP contribution in [0.15, 0.2) is 60.9 Å². The Labute approximate surface area is 165 Å². The first kappa shape index (κ1) is 17.9. The zero-order valence-corrected chi connectivity index (χ0v) is 16.1. The minimum Gasteiger partial charge on any atom is -0.481 e. The molecule has 0 unspecified atom stereocenters. The van der Waals surface area contributed by atoms with Crippen LogP contribution in [0.25, 0.3) is 22.0 Å². The van der Waals surface area contributed by atoms with E-state index >= 15 is 0 Å². The van der Waals surface area contributed by atoms with Gasteiger partial charge in [0.15, 0.2) is 11.0 Å². The third-order valence-electron chi connectivity index (χ3n) is 4.08. The number of aryl methyl sites for hydroxylation is 1. The minimum absolute atomic E-state index is 0.259. The SMILES string of the molecule is COc1cccc(C(=O)Nc2nc(-c3ccccc3)c(-c3nccn3C)s2)n1. The van der Waals surface area contributed by atoms with Crippen molar-refractivity contribution in [2.45, 2.75) is 0 Å². The van der Waals surface area contributed by atoms with Crippen LogP contribution >= 0.6 is 11.3 Å². The van der Waals surface area contributed by atoms with Crippen LogP contribution in [-0.2, 0) is 7.05 Å². The summed E-state index contributed by atoms with van der Waals surface area (Å²) in [7, 11) is 3.44. The first-order valence-corrected chi connectivity index (χ1v) is 9.33. The predicted octanol–water partition coefficient (Wildman–Crippen LogP) is 3.87. The molecule has 4 rings (SSSR count). The molecule has 8 heteroatoms. The number of nitrogens with one attached hydrogen (secondary N) is 1.